The van der Waals surface area contributed by atoms with Crippen LogP contribution in [0.15, 0.2) is 42.5 Å². The fraction of sp³-hybridized carbons (Fsp3) is 0.250. The van der Waals surface area contributed by atoms with Crippen molar-refractivity contribution in [2.45, 2.75) is 20.4 Å². The van der Waals surface area contributed by atoms with Gasteiger partial charge in [-0.25, -0.2) is 12.8 Å². The lowest BCUT2D eigenvalue weighted by molar-refractivity contribution is 0.590. The smallest absolute Gasteiger partial charge is 0.232 e. The van der Waals surface area contributed by atoms with Crippen molar-refractivity contribution in [3.8, 4) is 0 Å². The van der Waals surface area contributed by atoms with E-state index >= 15 is 0 Å². The van der Waals surface area contributed by atoms with Crippen LogP contribution in [0, 0.1) is 19.7 Å². The molecule has 2 rings (SSSR count). The van der Waals surface area contributed by atoms with Crippen LogP contribution in [0.1, 0.15) is 16.7 Å². The van der Waals surface area contributed by atoms with Crippen molar-refractivity contribution in [2.75, 3.05) is 10.6 Å². The Morgan fingerprint density at radius 2 is 1.62 bits per heavy atom. The van der Waals surface area contributed by atoms with E-state index in [0.29, 0.717) is 11.3 Å². The molecule has 5 heteroatoms. The lowest BCUT2D eigenvalue weighted by Crippen LogP contribution is -2.29. The molecule has 2 aromatic carbocycles. The predicted molar refractivity (Wildman–Crippen MR) is 83.3 cm³/mol. The Morgan fingerprint density at radius 3 is 2.14 bits per heavy atom. The maximum absolute atomic E-state index is 13.8. The Morgan fingerprint density at radius 1 is 1.05 bits per heavy atom. The van der Waals surface area contributed by atoms with Gasteiger partial charge in [0.2, 0.25) is 10.0 Å². The van der Waals surface area contributed by atoms with Crippen molar-refractivity contribution >= 4 is 15.7 Å². The number of nitrogens with zero attached hydrogens (tertiary/aromatic N) is 1. The molecule has 0 amide bonds. The number of aryl methyl sites for hydroxylation is 2. The van der Waals surface area contributed by atoms with Crippen molar-refractivity contribution in [1.82, 2.24) is 0 Å². The highest BCUT2D eigenvalue weighted by atomic mass is 32.2. The first-order chi connectivity index (χ1) is 9.77. The molecule has 0 heterocycles. The number of sulfonamides is 1. The summed E-state index contributed by atoms with van der Waals surface area (Å²) in [7, 11) is -3.50. The molecule has 0 N–H and O–H groups in total. The zero-order valence-corrected chi connectivity index (χ0v) is 13.1. The maximum atomic E-state index is 13.8. The number of anilines is 1. The Balaban J connectivity index is 2.48. The number of hydrogen-bond donors (Lipinski definition) is 0. The molecule has 3 nitrogen and oxygen atoms in total. The van der Waals surface area contributed by atoms with Gasteiger partial charge < -0.3 is 0 Å². The van der Waals surface area contributed by atoms with Gasteiger partial charge in [-0.1, -0.05) is 24.3 Å². The molecule has 112 valence electrons. The first-order valence-electron chi connectivity index (χ1n) is 6.57. The summed E-state index contributed by atoms with van der Waals surface area (Å²) < 4.78 is 39.2. The summed E-state index contributed by atoms with van der Waals surface area (Å²) in [4.78, 5) is 0. The van der Waals surface area contributed by atoms with Gasteiger partial charge >= 0.3 is 0 Å². The van der Waals surface area contributed by atoms with Gasteiger partial charge in [0.05, 0.1) is 18.5 Å². The fourth-order valence-corrected chi connectivity index (χ4v) is 3.14. The number of benzene rings is 2. The van der Waals surface area contributed by atoms with E-state index in [1.165, 1.54) is 10.4 Å². The molecule has 0 bridgehead atoms. The van der Waals surface area contributed by atoms with E-state index in [4.69, 9.17) is 0 Å². The third kappa shape index (κ3) is 3.82. The van der Waals surface area contributed by atoms with Gasteiger partial charge in [-0.2, -0.15) is 0 Å². The zero-order valence-electron chi connectivity index (χ0n) is 12.3. The second kappa shape index (κ2) is 5.85. The average Bonchev–Trinajstić information content (AvgIpc) is 2.35. The van der Waals surface area contributed by atoms with Gasteiger partial charge in [0.15, 0.2) is 0 Å². The molecule has 0 fully saturated rings. The Kier molecular flexibility index (Phi) is 4.32. The van der Waals surface area contributed by atoms with Gasteiger partial charge in [0.1, 0.15) is 5.82 Å². The van der Waals surface area contributed by atoms with Crippen molar-refractivity contribution in [3.63, 3.8) is 0 Å². The van der Waals surface area contributed by atoms with Gasteiger partial charge in [0.25, 0.3) is 0 Å². The molecule has 0 saturated carbocycles. The molecule has 21 heavy (non-hydrogen) atoms. The van der Waals surface area contributed by atoms with Crippen molar-refractivity contribution < 1.29 is 12.8 Å². The highest BCUT2D eigenvalue weighted by Gasteiger charge is 2.19. The molecule has 2 aromatic rings. The van der Waals surface area contributed by atoms with Crippen LogP contribution in [-0.2, 0) is 16.6 Å². The summed E-state index contributed by atoms with van der Waals surface area (Å²) in [6.07, 6.45) is 1.13. The lowest BCUT2D eigenvalue weighted by Gasteiger charge is -2.23. The molecular formula is C16H18FNO2S. The molecule has 0 aromatic heterocycles. The van der Waals surface area contributed by atoms with Crippen molar-refractivity contribution in [2.24, 2.45) is 0 Å². The maximum Gasteiger partial charge on any atom is 0.232 e. The van der Waals surface area contributed by atoms with Gasteiger partial charge in [-0.05, 0) is 43.2 Å². The van der Waals surface area contributed by atoms with Crippen LogP contribution in [0.25, 0.3) is 0 Å². The summed E-state index contributed by atoms with van der Waals surface area (Å²) in [6, 6.07) is 11.7. The SMILES string of the molecule is Cc1cc(C)cc(N(Cc2ccccc2F)S(C)(=O)=O)c1. The van der Waals surface area contributed by atoms with Crippen LogP contribution >= 0.6 is 0 Å². The van der Waals surface area contributed by atoms with Crippen molar-refractivity contribution in [3.05, 3.63) is 65.0 Å². The number of rotatable bonds is 4. The predicted octanol–water partition coefficient (Wildman–Crippen LogP) is 3.41. The molecule has 0 atom stereocenters. The lowest BCUT2D eigenvalue weighted by atomic mass is 10.1. The molecule has 0 saturated heterocycles. The van der Waals surface area contributed by atoms with E-state index in [1.54, 1.807) is 30.3 Å². The third-order valence-electron chi connectivity index (χ3n) is 3.17. The Labute approximate surface area is 125 Å². The standard InChI is InChI=1S/C16H18FNO2S/c1-12-8-13(2)10-15(9-12)18(21(3,19)20)11-14-6-4-5-7-16(14)17/h4-10H,11H2,1-3H3. The van der Waals surface area contributed by atoms with E-state index < -0.39 is 15.8 Å². The molecule has 0 aliphatic rings. The quantitative estimate of drug-likeness (QED) is 0.868. The van der Waals surface area contributed by atoms with E-state index in [9.17, 15) is 12.8 Å². The Hall–Kier alpha value is -1.88. The summed E-state index contributed by atoms with van der Waals surface area (Å²) in [5.74, 6) is -0.407. The van der Waals surface area contributed by atoms with Crippen LogP contribution < -0.4 is 4.31 Å². The first kappa shape index (κ1) is 15.5. The second-order valence-electron chi connectivity index (χ2n) is 5.21. The van der Waals surface area contributed by atoms with Crippen LogP contribution in [0.3, 0.4) is 0 Å². The average molecular weight is 307 g/mol. The molecule has 0 spiro atoms. The molecule has 0 aliphatic heterocycles. The highest BCUT2D eigenvalue weighted by Crippen LogP contribution is 2.24. The highest BCUT2D eigenvalue weighted by molar-refractivity contribution is 7.92. The summed E-state index contributed by atoms with van der Waals surface area (Å²) in [6.45, 7) is 3.79. The minimum atomic E-state index is -3.50. The topological polar surface area (TPSA) is 37.4 Å². The first-order valence-corrected chi connectivity index (χ1v) is 8.41. The number of halogens is 1. The van der Waals surface area contributed by atoms with E-state index in [1.807, 2.05) is 19.9 Å². The summed E-state index contributed by atoms with van der Waals surface area (Å²) >= 11 is 0. The largest absolute Gasteiger partial charge is 0.266 e. The molecular weight excluding hydrogens is 289 g/mol. The van der Waals surface area contributed by atoms with Crippen LogP contribution in [0.2, 0.25) is 0 Å². The summed E-state index contributed by atoms with van der Waals surface area (Å²) in [5.41, 5.74) is 2.83. The summed E-state index contributed by atoms with van der Waals surface area (Å²) in [5, 5.41) is 0. The van der Waals surface area contributed by atoms with Gasteiger partial charge in [-0.15, -0.1) is 0 Å². The van der Waals surface area contributed by atoms with Crippen molar-refractivity contribution in [1.29, 1.82) is 0 Å². The van der Waals surface area contributed by atoms with Crippen LogP contribution in [0.5, 0.6) is 0 Å². The van der Waals surface area contributed by atoms with Gasteiger partial charge in [0, 0.05) is 5.56 Å². The molecule has 0 aliphatic carbocycles. The van der Waals surface area contributed by atoms with E-state index in [0.717, 1.165) is 17.4 Å². The minimum Gasteiger partial charge on any atom is -0.266 e. The molecule has 0 radical (unpaired) electrons. The van der Waals surface area contributed by atoms with Crippen LogP contribution in [-0.4, -0.2) is 14.7 Å². The monoisotopic (exact) mass is 307 g/mol. The molecule has 0 unspecified atom stereocenters. The second-order valence-corrected chi connectivity index (χ2v) is 7.11. The third-order valence-corrected chi connectivity index (χ3v) is 4.31. The van der Waals surface area contributed by atoms with Crippen LogP contribution in [0.4, 0.5) is 10.1 Å². The fourth-order valence-electron chi connectivity index (χ4n) is 2.28. The minimum absolute atomic E-state index is 0.0194. The number of hydrogen-bond acceptors (Lipinski definition) is 2. The normalized spacial score (nSPS) is 11.4. The van der Waals surface area contributed by atoms with Gasteiger partial charge in [-0.3, -0.25) is 4.31 Å². The Bertz CT molecular complexity index is 736. The van der Waals surface area contributed by atoms with E-state index in [-0.39, 0.29) is 6.54 Å². The zero-order chi connectivity index (χ0) is 15.6. The van der Waals surface area contributed by atoms with E-state index in [2.05, 4.69) is 0 Å².